The summed E-state index contributed by atoms with van der Waals surface area (Å²) in [6.45, 7) is 3.74. The maximum absolute atomic E-state index is 13.2. The van der Waals surface area contributed by atoms with Crippen molar-refractivity contribution >= 4 is 5.91 Å². The molecule has 1 heterocycles. The minimum atomic E-state index is -0.795. The van der Waals surface area contributed by atoms with Gasteiger partial charge in [-0.2, -0.15) is 0 Å². The highest BCUT2D eigenvalue weighted by Crippen LogP contribution is 2.47. The molecule has 0 spiro atoms. The van der Waals surface area contributed by atoms with Crippen LogP contribution in [0.5, 0.6) is 0 Å². The molecule has 1 aliphatic heterocycles. The molecule has 1 aromatic carbocycles. The average molecular weight is 307 g/mol. The van der Waals surface area contributed by atoms with Crippen molar-refractivity contribution in [1.82, 2.24) is 4.90 Å². The summed E-state index contributed by atoms with van der Waals surface area (Å²) in [6, 6.07) is 4.12. The zero-order valence-electron chi connectivity index (χ0n) is 13.1. The molecule has 1 aromatic rings. The molecule has 1 saturated carbocycles. The van der Waals surface area contributed by atoms with E-state index in [0.717, 1.165) is 57.2 Å². The summed E-state index contributed by atoms with van der Waals surface area (Å²) in [5.41, 5.74) is 0.735. The number of rotatable bonds is 4. The SMILES string of the molecule is CC1(C(=O)N2CCC[C@H](CCc3ccc(F)c(F)c3)C2)CC1. The summed E-state index contributed by atoms with van der Waals surface area (Å²) in [5.74, 6) is -0.798. The fourth-order valence-corrected chi connectivity index (χ4v) is 3.33. The molecule has 1 atom stereocenters. The Morgan fingerprint density at radius 3 is 2.77 bits per heavy atom. The smallest absolute Gasteiger partial charge is 0.228 e. The summed E-state index contributed by atoms with van der Waals surface area (Å²) in [6.07, 6.45) is 5.85. The van der Waals surface area contributed by atoms with E-state index in [1.807, 2.05) is 4.90 Å². The van der Waals surface area contributed by atoms with E-state index in [9.17, 15) is 13.6 Å². The topological polar surface area (TPSA) is 20.3 Å². The van der Waals surface area contributed by atoms with Gasteiger partial charge in [0.1, 0.15) is 0 Å². The normalized spacial score (nSPS) is 23.4. The Bertz CT molecular complexity index is 568. The highest BCUT2D eigenvalue weighted by molar-refractivity contribution is 5.85. The van der Waals surface area contributed by atoms with Crippen molar-refractivity contribution in [3.8, 4) is 0 Å². The zero-order valence-corrected chi connectivity index (χ0v) is 13.1. The number of aryl methyl sites for hydroxylation is 1. The standard InChI is InChI=1S/C18H23F2NO/c1-18(8-9-18)17(22)21-10-2-3-14(12-21)5-4-13-6-7-15(19)16(20)11-13/h6-7,11,14H,2-5,8-10,12H2,1H3/t14-/m1/s1. The van der Waals surface area contributed by atoms with Gasteiger partial charge in [0.05, 0.1) is 0 Å². The van der Waals surface area contributed by atoms with E-state index >= 15 is 0 Å². The molecule has 0 unspecified atom stereocenters. The van der Waals surface area contributed by atoms with Crippen molar-refractivity contribution in [1.29, 1.82) is 0 Å². The molecule has 3 rings (SSSR count). The highest BCUT2D eigenvalue weighted by atomic mass is 19.2. The number of amides is 1. The van der Waals surface area contributed by atoms with Crippen LogP contribution in [0.4, 0.5) is 8.78 Å². The lowest BCUT2D eigenvalue weighted by Gasteiger charge is -2.34. The first kappa shape index (κ1) is 15.4. The lowest BCUT2D eigenvalue weighted by Crippen LogP contribution is -2.43. The zero-order chi connectivity index (χ0) is 15.7. The van der Waals surface area contributed by atoms with Crippen molar-refractivity contribution in [2.75, 3.05) is 13.1 Å². The Morgan fingerprint density at radius 1 is 1.32 bits per heavy atom. The maximum Gasteiger partial charge on any atom is 0.228 e. The summed E-state index contributed by atoms with van der Waals surface area (Å²) in [4.78, 5) is 14.4. The van der Waals surface area contributed by atoms with E-state index in [4.69, 9.17) is 0 Å². The molecule has 1 saturated heterocycles. The van der Waals surface area contributed by atoms with Crippen LogP contribution in [0.3, 0.4) is 0 Å². The molecule has 1 aliphatic carbocycles. The minimum absolute atomic E-state index is 0.0953. The molecule has 22 heavy (non-hydrogen) atoms. The summed E-state index contributed by atoms with van der Waals surface area (Å²) < 4.78 is 26.2. The van der Waals surface area contributed by atoms with E-state index in [-0.39, 0.29) is 5.41 Å². The molecule has 0 aromatic heterocycles. The fourth-order valence-electron chi connectivity index (χ4n) is 3.33. The second-order valence-corrected chi connectivity index (χ2v) is 7.11. The van der Waals surface area contributed by atoms with E-state index in [2.05, 4.69) is 6.92 Å². The molecule has 0 N–H and O–H groups in total. The third kappa shape index (κ3) is 3.31. The largest absolute Gasteiger partial charge is 0.342 e. The van der Waals surface area contributed by atoms with Gasteiger partial charge in [-0.25, -0.2) is 8.78 Å². The van der Waals surface area contributed by atoms with Gasteiger partial charge >= 0.3 is 0 Å². The van der Waals surface area contributed by atoms with E-state index in [1.165, 1.54) is 12.1 Å². The third-order valence-corrected chi connectivity index (χ3v) is 5.15. The van der Waals surface area contributed by atoms with Gasteiger partial charge < -0.3 is 4.90 Å². The van der Waals surface area contributed by atoms with E-state index in [0.29, 0.717) is 11.8 Å². The van der Waals surface area contributed by atoms with Crippen LogP contribution in [0, 0.1) is 23.0 Å². The predicted octanol–water partition coefficient (Wildman–Crippen LogP) is 3.94. The van der Waals surface area contributed by atoms with Gasteiger partial charge in [0.15, 0.2) is 11.6 Å². The van der Waals surface area contributed by atoms with Crippen LogP contribution in [-0.4, -0.2) is 23.9 Å². The summed E-state index contributed by atoms with van der Waals surface area (Å²) in [5, 5.41) is 0. The monoisotopic (exact) mass is 307 g/mol. The molecule has 0 radical (unpaired) electrons. The Balaban J connectivity index is 1.54. The van der Waals surface area contributed by atoms with Crippen molar-refractivity contribution < 1.29 is 13.6 Å². The van der Waals surface area contributed by atoms with Crippen LogP contribution < -0.4 is 0 Å². The Morgan fingerprint density at radius 2 is 2.09 bits per heavy atom. The molecule has 0 bridgehead atoms. The summed E-state index contributed by atoms with van der Waals surface area (Å²) in [7, 11) is 0. The molecule has 2 fully saturated rings. The Labute approximate surface area is 130 Å². The molecular weight excluding hydrogens is 284 g/mol. The van der Waals surface area contributed by atoms with Gasteiger partial charge in [-0.1, -0.05) is 13.0 Å². The van der Waals surface area contributed by atoms with Crippen LogP contribution in [0.2, 0.25) is 0 Å². The van der Waals surface area contributed by atoms with Gasteiger partial charge in [0, 0.05) is 18.5 Å². The second kappa shape index (κ2) is 5.98. The van der Waals surface area contributed by atoms with Crippen LogP contribution in [0.25, 0.3) is 0 Å². The van der Waals surface area contributed by atoms with Crippen molar-refractivity contribution in [2.24, 2.45) is 11.3 Å². The first-order valence-corrected chi connectivity index (χ1v) is 8.21. The Hall–Kier alpha value is -1.45. The van der Waals surface area contributed by atoms with Gasteiger partial charge in [-0.15, -0.1) is 0 Å². The highest BCUT2D eigenvalue weighted by Gasteiger charge is 2.47. The number of nitrogens with zero attached hydrogens (tertiary/aromatic N) is 1. The first-order valence-electron chi connectivity index (χ1n) is 8.21. The first-order chi connectivity index (χ1) is 10.5. The Kier molecular flexibility index (Phi) is 4.20. The number of likely N-dealkylation sites (tertiary alicyclic amines) is 1. The third-order valence-electron chi connectivity index (χ3n) is 5.15. The lowest BCUT2D eigenvalue weighted by molar-refractivity contribution is -0.138. The average Bonchev–Trinajstić information content (AvgIpc) is 3.27. The van der Waals surface area contributed by atoms with Crippen LogP contribution in [0.15, 0.2) is 18.2 Å². The van der Waals surface area contributed by atoms with Crippen molar-refractivity contribution in [2.45, 2.75) is 45.4 Å². The summed E-state index contributed by atoms with van der Waals surface area (Å²) >= 11 is 0. The second-order valence-electron chi connectivity index (χ2n) is 7.11. The number of hydrogen-bond donors (Lipinski definition) is 0. The quantitative estimate of drug-likeness (QED) is 0.825. The number of hydrogen-bond acceptors (Lipinski definition) is 1. The lowest BCUT2D eigenvalue weighted by atomic mass is 9.90. The van der Waals surface area contributed by atoms with Gasteiger partial charge in [0.25, 0.3) is 0 Å². The van der Waals surface area contributed by atoms with Gasteiger partial charge in [-0.3, -0.25) is 4.79 Å². The molecular formula is C18H23F2NO. The van der Waals surface area contributed by atoms with E-state index in [1.54, 1.807) is 6.07 Å². The number of carbonyl (C=O) groups is 1. The molecule has 1 amide bonds. The van der Waals surface area contributed by atoms with Crippen LogP contribution in [0.1, 0.15) is 44.6 Å². The van der Waals surface area contributed by atoms with Crippen molar-refractivity contribution in [3.63, 3.8) is 0 Å². The molecule has 120 valence electrons. The van der Waals surface area contributed by atoms with Gasteiger partial charge in [-0.05, 0) is 62.1 Å². The maximum atomic E-state index is 13.2. The van der Waals surface area contributed by atoms with Crippen LogP contribution in [-0.2, 0) is 11.2 Å². The molecule has 4 heteroatoms. The number of carbonyl (C=O) groups excluding carboxylic acids is 1. The van der Waals surface area contributed by atoms with Crippen LogP contribution >= 0.6 is 0 Å². The van der Waals surface area contributed by atoms with Gasteiger partial charge in [0.2, 0.25) is 5.91 Å². The molecule has 2 nitrogen and oxygen atoms in total. The fraction of sp³-hybridized carbons (Fsp3) is 0.611. The molecule has 2 aliphatic rings. The minimum Gasteiger partial charge on any atom is -0.342 e. The predicted molar refractivity (Wildman–Crippen MR) is 81.3 cm³/mol. The number of piperidine rings is 1. The van der Waals surface area contributed by atoms with E-state index < -0.39 is 11.6 Å². The van der Waals surface area contributed by atoms with Crippen molar-refractivity contribution in [3.05, 3.63) is 35.4 Å². The number of benzene rings is 1. The number of halogens is 2.